The molecule has 0 fully saturated rings. The van der Waals surface area contributed by atoms with Gasteiger partial charge in [0.1, 0.15) is 6.04 Å². The smallest absolute Gasteiger partial charge is 0.285 e. The molecule has 11 nitrogen and oxygen atoms in total. The van der Waals surface area contributed by atoms with E-state index in [-0.39, 0.29) is 23.4 Å². The summed E-state index contributed by atoms with van der Waals surface area (Å²) in [7, 11) is 5.16. The van der Waals surface area contributed by atoms with E-state index in [1.807, 2.05) is 7.05 Å². The molecule has 0 aliphatic carbocycles. The highest BCUT2D eigenvalue weighted by Crippen LogP contribution is 2.24. The van der Waals surface area contributed by atoms with E-state index in [1.54, 1.807) is 14.1 Å². The second kappa shape index (κ2) is 10.9. The Bertz CT molecular complexity index is 1060. The number of likely N-dealkylation sites (N-methyl/N-ethyl adjacent to an activating group) is 2. The lowest BCUT2D eigenvalue weighted by molar-refractivity contribution is -0.130. The topological polar surface area (TPSA) is 132 Å². The zero-order valence-corrected chi connectivity index (χ0v) is 20.6. The largest absolute Gasteiger partial charge is 0.369 e. The van der Waals surface area contributed by atoms with Gasteiger partial charge in [0.2, 0.25) is 11.9 Å². The summed E-state index contributed by atoms with van der Waals surface area (Å²) in [6, 6.07) is -0.964. The van der Waals surface area contributed by atoms with Gasteiger partial charge in [-0.2, -0.15) is 0 Å². The highest BCUT2D eigenvalue weighted by molar-refractivity contribution is 7.82. The summed E-state index contributed by atoms with van der Waals surface area (Å²) in [5, 5.41) is 8.45. The molecule has 3 amide bonds. The molecule has 3 heterocycles. The van der Waals surface area contributed by atoms with Crippen molar-refractivity contribution >= 4 is 63.8 Å². The van der Waals surface area contributed by atoms with Gasteiger partial charge in [0.15, 0.2) is 10.00 Å². The lowest BCUT2D eigenvalue weighted by Gasteiger charge is -2.22. The van der Waals surface area contributed by atoms with Crippen LogP contribution in [0.5, 0.6) is 0 Å². The number of nitrogens with one attached hydrogen (secondary N) is 3. The molecular weight excluding hydrogens is 488 g/mol. The van der Waals surface area contributed by atoms with Crippen molar-refractivity contribution in [3.05, 3.63) is 33.0 Å². The number of amides is 3. The van der Waals surface area contributed by atoms with E-state index < -0.39 is 17.9 Å². The number of hydrogen-bond donors (Lipinski definition) is 3. The van der Waals surface area contributed by atoms with Crippen LogP contribution in [0.4, 0.5) is 5.95 Å². The summed E-state index contributed by atoms with van der Waals surface area (Å²) in [5.74, 6) is -1.45. The molecule has 0 saturated heterocycles. The molecular formula is C19H23ClN8O3S2. The SMILES string of the molecule is CN1CCc2nc(C(=O)NC(CNC(=S)C(=O)Nc3ncc(Cl)cn3)C(=O)N(C)C)sc2C1. The van der Waals surface area contributed by atoms with Crippen molar-refractivity contribution in [1.29, 1.82) is 0 Å². The molecule has 3 N–H and O–H groups in total. The Morgan fingerprint density at radius 3 is 2.67 bits per heavy atom. The molecule has 0 saturated carbocycles. The summed E-state index contributed by atoms with van der Waals surface area (Å²) in [5.41, 5.74) is 0.916. The molecule has 0 bridgehead atoms. The normalized spacial score (nSPS) is 14.1. The maximum atomic E-state index is 12.8. The van der Waals surface area contributed by atoms with Gasteiger partial charge in [0, 0.05) is 45.0 Å². The first-order valence-corrected chi connectivity index (χ1v) is 11.5. The lowest BCUT2D eigenvalue weighted by atomic mass is 10.2. The number of hydrogen-bond acceptors (Lipinski definition) is 9. The van der Waals surface area contributed by atoms with Crippen LogP contribution in [0.3, 0.4) is 0 Å². The van der Waals surface area contributed by atoms with Crippen LogP contribution >= 0.6 is 35.2 Å². The number of thiazole rings is 1. The van der Waals surface area contributed by atoms with E-state index in [2.05, 4.69) is 35.8 Å². The molecule has 0 aromatic carbocycles. The van der Waals surface area contributed by atoms with Crippen molar-refractivity contribution in [3.8, 4) is 0 Å². The third kappa shape index (κ3) is 6.63. The monoisotopic (exact) mass is 510 g/mol. The Labute approximate surface area is 204 Å². The maximum absolute atomic E-state index is 12.8. The molecule has 0 radical (unpaired) electrons. The number of fused-ring (bicyclic) bond motifs is 1. The Kier molecular flexibility index (Phi) is 8.24. The third-order valence-corrected chi connectivity index (χ3v) is 6.29. The number of anilines is 1. The minimum Gasteiger partial charge on any atom is -0.369 e. The lowest BCUT2D eigenvalue weighted by Crippen LogP contribution is -2.53. The predicted octanol–water partition coefficient (Wildman–Crippen LogP) is 0.317. The molecule has 176 valence electrons. The number of halogens is 1. The molecule has 33 heavy (non-hydrogen) atoms. The number of thiocarbonyl (C=S) groups is 1. The first kappa shape index (κ1) is 24.9. The average molecular weight is 511 g/mol. The minimum absolute atomic E-state index is 0.0288. The van der Waals surface area contributed by atoms with Crippen molar-refractivity contribution < 1.29 is 14.4 Å². The van der Waals surface area contributed by atoms with Crippen LogP contribution in [-0.2, 0) is 22.6 Å². The van der Waals surface area contributed by atoms with Gasteiger partial charge in [-0.25, -0.2) is 15.0 Å². The standard InChI is InChI=1S/C19H23ClN8O3S2/c1-27(2)18(31)12(8-21-16(32)14(29)26-19-22-6-10(20)7-23-19)24-15(30)17-25-11-4-5-28(3)9-13(11)33-17/h6-7,12H,4-5,8-9H2,1-3H3,(H,21,32)(H,24,30)(H,22,23,26,29). The molecule has 3 rings (SSSR count). The van der Waals surface area contributed by atoms with E-state index in [4.69, 9.17) is 23.8 Å². The van der Waals surface area contributed by atoms with Crippen LogP contribution < -0.4 is 16.0 Å². The maximum Gasteiger partial charge on any atom is 0.285 e. The zero-order valence-electron chi connectivity index (χ0n) is 18.2. The molecule has 1 unspecified atom stereocenters. The van der Waals surface area contributed by atoms with E-state index in [0.29, 0.717) is 10.0 Å². The van der Waals surface area contributed by atoms with Crippen LogP contribution in [0.25, 0.3) is 0 Å². The van der Waals surface area contributed by atoms with Crippen LogP contribution in [-0.4, -0.2) is 87.7 Å². The highest BCUT2D eigenvalue weighted by Gasteiger charge is 2.27. The van der Waals surface area contributed by atoms with Gasteiger partial charge >= 0.3 is 0 Å². The van der Waals surface area contributed by atoms with E-state index >= 15 is 0 Å². The second-order valence-electron chi connectivity index (χ2n) is 7.52. The number of carbonyl (C=O) groups is 3. The number of rotatable bonds is 6. The summed E-state index contributed by atoms with van der Waals surface area (Å²) in [6.45, 7) is 1.52. The molecule has 1 aliphatic heterocycles. The van der Waals surface area contributed by atoms with Gasteiger partial charge in [-0.1, -0.05) is 23.8 Å². The summed E-state index contributed by atoms with van der Waals surface area (Å²) in [4.78, 5) is 54.2. The minimum atomic E-state index is -0.964. The first-order valence-electron chi connectivity index (χ1n) is 9.90. The Hall–Kier alpha value is -2.74. The van der Waals surface area contributed by atoms with Crippen molar-refractivity contribution in [3.63, 3.8) is 0 Å². The molecule has 1 atom stereocenters. The van der Waals surface area contributed by atoms with Crippen molar-refractivity contribution in [2.75, 3.05) is 39.5 Å². The van der Waals surface area contributed by atoms with Gasteiger partial charge in [-0.05, 0) is 7.05 Å². The Balaban J connectivity index is 1.62. The molecule has 14 heteroatoms. The van der Waals surface area contributed by atoms with Crippen LogP contribution in [0, 0.1) is 0 Å². The van der Waals surface area contributed by atoms with Crippen molar-refractivity contribution in [2.24, 2.45) is 0 Å². The van der Waals surface area contributed by atoms with Gasteiger partial charge in [0.05, 0.1) is 23.1 Å². The van der Waals surface area contributed by atoms with Crippen LogP contribution in [0.1, 0.15) is 20.4 Å². The molecule has 2 aromatic heterocycles. The number of carbonyl (C=O) groups excluding carboxylic acids is 3. The Morgan fingerprint density at radius 1 is 1.30 bits per heavy atom. The quantitative estimate of drug-likeness (QED) is 0.470. The zero-order chi connectivity index (χ0) is 24.1. The first-order chi connectivity index (χ1) is 15.6. The number of aromatic nitrogens is 3. The van der Waals surface area contributed by atoms with E-state index in [1.165, 1.54) is 28.6 Å². The third-order valence-electron chi connectivity index (χ3n) is 4.68. The summed E-state index contributed by atoms with van der Waals surface area (Å²) < 4.78 is 0. The van der Waals surface area contributed by atoms with Crippen LogP contribution in [0.15, 0.2) is 12.4 Å². The van der Waals surface area contributed by atoms with Gasteiger partial charge in [-0.15, -0.1) is 11.3 Å². The average Bonchev–Trinajstić information content (AvgIpc) is 3.20. The second-order valence-corrected chi connectivity index (χ2v) is 9.45. The van der Waals surface area contributed by atoms with Crippen molar-refractivity contribution in [1.82, 2.24) is 35.4 Å². The van der Waals surface area contributed by atoms with Gasteiger partial charge in [-0.3, -0.25) is 19.7 Å². The summed E-state index contributed by atoms with van der Waals surface area (Å²) in [6.07, 6.45) is 3.44. The fraction of sp³-hybridized carbons (Fsp3) is 0.421. The van der Waals surface area contributed by atoms with E-state index in [0.717, 1.165) is 30.1 Å². The Morgan fingerprint density at radius 2 is 2.00 bits per heavy atom. The molecule has 2 aromatic rings. The number of nitrogens with zero attached hydrogens (tertiary/aromatic N) is 5. The summed E-state index contributed by atoms with van der Waals surface area (Å²) >= 11 is 12.1. The van der Waals surface area contributed by atoms with Gasteiger partial charge in [0.25, 0.3) is 11.8 Å². The fourth-order valence-corrected chi connectivity index (χ4v) is 4.29. The van der Waals surface area contributed by atoms with E-state index in [9.17, 15) is 14.4 Å². The molecule has 1 aliphatic rings. The predicted molar refractivity (Wildman–Crippen MR) is 128 cm³/mol. The van der Waals surface area contributed by atoms with Crippen molar-refractivity contribution in [2.45, 2.75) is 19.0 Å². The highest BCUT2D eigenvalue weighted by atomic mass is 35.5. The molecule has 0 spiro atoms. The van der Waals surface area contributed by atoms with Crippen LogP contribution in [0.2, 0.25) is 5.02 Å². The van der Waals surface area contributed by atoms with Gasteiger partial charge < -0.3 is 20.4 Å². The fourth-order valence-electron chi connectivity index (χ4n) is 2.96.